The van der Waals surface area contributed by atoms with Crippen molar-refractivity contribution >= 4 is 17.6 Å². The number of piperidine rings is 1. The Morgan fingerprint density at radius 2 is 2.15 bits per heavy atom. The van der Waals surface area contributed by atoms with Crippen molar-refractivity contribution in [2.75, 3.05) is 26.7 Å². The van der Waals surface area contributed by atoms with Crippen molar-refractivity contribution in [2.24, 2.45) is 10.6 Å². The summed E-state index contributed by atoms with van der Waals surface area (Å²) >= 11 is 0. The van der Waals surface area contributed by atoms with Gasteiger partial charge in [-0.2, -0.15) is 0 Å². The maximum atomic E-state index is 11.9. The van der Waals surface area contributed by atoms with E-state index in [2.05, 4.69) is 29.3 Å². The van der Waals surface area contributed by atoms with Crippen molar-refractivity contribution in [1.82, 2.24) is 10.2 Å². The largest absolute Gasteiger partial charge is 0.477 e. The Hall–Kier alpha value is -1.63. The van der Waals surface area contributed by atoms with E-state index >= 15 is 0 Å². The SMILES string of the molecule is CN1CCC(C)(CNC(=O)C2CC(C(=O)O)=NO2)CC1. The lowest BCUT2D eigenvalue weighted by Gasteiger charge is -2.38. The molecule has 1 saturated heterocycles. The molecule has 1 atom stereocenters. The van der Waals surface area contributed by atoms with Gasteiger partial charge in [0.25, 0.3) is 5.91 Å². The van der Waals surface area contributed by atoms with Crippen LogP contribution in [-0.2, 0) is 14.4 Å². The third-order valence-electron chi connectivity index (χ3n) is 4.09. The van der Waals surface area contributed by atoms with Crippen molar-refractivity contribution in [3.63, 3.8) is 0 Å². The number of aliphatic carboxylic acids is 1. The zero-order valence-electron chi connectivity index (χ0n) is 11.9. The Labute approximate surface area is 117 Å². The van der Waals surface area contributed by atoms with Gasteiger partial charge in [-0.3, -0.25) is 4.79 Å². The van der Waals surface area contributed by atoms with Gasteiger partial charge in [0.1, 0.15) is 0 Å². The lowest BCUT2D eigenvalue weighted by molar-refractivity contribution is -0.131. The first-order valence-corrected chi connectivity index (χ1v) is 6.82. The Morgan fingerprint density at radius 3 is 2.70 bits per heavy atom. The number of oxime groups is 1. The fourth-order valence-corrected chi connectivity index (χ4v) is 2.39. The predicted octanol–water partition coefficient (Wildman–Crippen LogP) is 0.0640. The average Bonchev–Trinajstić information content (AvgIpc) is 2.90. The van der Waals surface area contributed by atoms with Gasteiger partial charge in [0.05, 0.1) is 0 Å². The predicted molar refractivity (Wildman–Crippen MR) is 72.4 cm³/mol. The molecular weight excluding hydrogens is 262 g/mol. The quantitative estimate of drug-likeness (QED) is 0.761. The number of hydrogen-bond acceptors (Lipinski definition) is 5. The second-order valence-electron chi connectivity index (χ2n) is 5.97. The highest BCUT2D eigenvalue weighted by molar-refractivity contribution is 6.36. The molecule has 1 unspecified atom stereocenters. The van der Waals surface area contributed by atoms with Gasteiger partial charge in [-0.1, -0.05) is 12.1 Å². The molecule has 0 bridgehead atoms. The number of likely N-dealkylation sites (tertiary alicyclic amines) is 1. The van der Waals surface area contributed by atoms with Crippen LogP contribution in [0.4, 0.5) is 0 Å². The molecule has 2 heterocycles. The molecule has 7 heteroatoms. The second kappa shape index (κ2) is 5.78. The van der Waals surface area contributed by atoms with Gasteiger partial charge >= 0.3 is 5.97 Å². The molecule has 1 fully saturated rings. The lowest BCUT2D eigenvalue weighted by Crippen LogP contribution is -2.45. The van der Waals surface area contributed by atoms with Gasteiger partial charge in [-0.15, -0.1) is 0 Å². The van der Waals surface area contributed by atoms with Crippen LogP contribution in [0.3, 0.4) is 0 Å². The van der Waals surface area contributed by atoms with Gasteiger partial charge in [0.15, 0.2) is 5.71 Å². The summed E-state index contributed by atoms with van der Waals surface area (Å²) in [6.45, 7) is 4.80. The van der Waals surface area contributed by atoms with E-state index in [9.17, 15) is 9.59 Å². The van der Waals surface area contributed by atoms with E-state index in [0.717, 1.165) is 25.9 Å². The van der Waals surface area contributed by atoms with E-state index in [1.807, 2.05) is 0 Å². The fourth-order valence-electron chi connectivity index (χ4n) is 2.39. The third-order valence-corrected chi connectivity index (χ3v) is 4.09. The number of carboxylic acid groups (broad SMARTS) is 1. The van der Waals surface area contributed by atoms with Crippen LogP contribution < -0.4 is 5.32 Å². The second-order valence-corrected chi connectivity index (χ2v) is 5.97. The topological polar surface area (TPSA) is 91.2 Å². The number of nitrogens with one attached hydrogen (secondary N) is 1. The molecule has 1 amide bonds. The molecule has 2 rings (SSSR count). The third kappa shape index (κ3) is 3.47. The molecule has 7 nitrogen and oxygen atoms in total. The maximum absolute atomic E-state index is 11.9. The highest BCUT2D eigenvalue weighted by atomic mass is 16.6. The fraction of sp³-hybridized carbons (Fsp3) is 0.769. The summed E-state index contributed by atoms with van der Waals surface area (Å²) in [5.41, 5.74) is -0.00674. The highest BCUT2D eigenvalue weighted by Crippen LogP contribution is 2.29. The van der Waals surface area contributed by atoms with E-state index in [1.165, 1.54) is 0 Å². The molecule has 0 saturated carbocycles. The van der Waals surface area contributed by atoms with Crippen LogP contribution in [0.15, 0.2) is 5.16 Å². The van der Waals surface area contributed by atoms with E-state index in [-0.39, 0.29) is 23.5 Å². The minimum atomic E-state index is -1.14. The monoisotopic (exact) mass is 283 g/mol. The average molecular weight is 283 g/mol. The molecule has 0 aromatic carbocycles. The van der Waals surface area contributed by atoms with E-state index < -0.39 is 12.1 Å². The molecule has 0 aromatic heterocycles. The normalized spacial score (nSPS) is 25.7. The van der Waals surface area contributed by atoms with Crippen LogP contribution in [0.5, 0.6) is 0 Å². The Balaban J connectivity index is 1.77. The molecule has 0 aliphatic carbocycles. The zero-order valence-corrected chi connectivity index (χ0v) is 11.9. The van der Waals surface area contributed by atoms with Gasteiger partial charge in [-0.05, 0) is 38.4 Å². The number of amides is 1. The molecule has 0 aromatic rings. The summed E-state index contributed by atoms with van der Waals surface area (Å²) in [6.07, 6.45) is 1.29. The summed E-state index contributed by atoms with van der Waals surface area (Å²) < 4.78 is 0. The smallest absolute Gasteiger partial charge is 0.353 e. The highest BCUT2D eigenvalue weighted by Gasteiger charge is 2.34. The number of rotatable bonds is 4. The Kier molecular flexibility index (Phi) is 4.27. The summed E-state index contributed by atoms with van der Waals surface area (Å²) in [5, 5.41) is 15.0. The molecule has 2 aliphatic heterocycles. The number of hydrogen-bond donors (Lipinski definition) is 2. The first-order valence-electron chi connectivity index (χ1n) is 6.82. The Morgan fingerprint density at radius 1 is 1.50 bits per heavy atom. The van der Waals surface area contributed by atoms with Crippen LogP contribution in [-0.4, -0.2) is 60.4 Å². The summed E-state index contributed by atoms with van der Waals surface area (Å²) in [4.78, 5) is 29.8. The molecular formula is C13H21N3O4. The van der Waals surface area contributed by atoms with Gasteiger partial charge in [0, 0.05) is 13.0 Å². The lowest BCUT2D eigenvalue weighted by atomic mass is 9.80. The summed E-state index contributed by atoms with van der Waals surface area (Å²) in [5.74, 6) is -1.42. The van der Waals surface area contributed by atoms with E-state index in [4.69, 9.17) is 9.94 Å². The van der Waals surface area contributed by atoms with Crippen LogP contribution >= 0.6 is 0 Å². The first kappa shape index (κ1) is 14.8. The zero-order chi connectivity index (χ0) is 14.8. The molecule has 20 heavy (non-hydrogen) atoms. The van der Waals surface area contributed by atoms with E-state index in [0.29, 0.717) is 6.54 Å². The van der Waals surface area contributed by atoms with Crippen molar-refractivity contribution < 1.29 is 19.5 Å². The van der Waals surface area contributed by atoms with Crippen LogP contribution in [0.1, 0.15) is 26.2 Å². The van der Waals surface area contributed by atoms with Crippen molar-refractivity contribution in [1.29, 1.82) is 0 Å². The van der Waals surface area contributed by atoms with Crippen molar-refractivity contribution in [2.45, 2.75) is 32.3 Å². The van der Waals surface area contributed by atoms with Crippen LogP contribution in [0.25, 0.3) is 0 Å². The molecule has 0 spiro atoms. The van der Waals surface area contributed by atoms with Crippen molar-refractivity contribution in [3.8, 4) is 0 Å². The van der Waals surface area contributed by atoms with Crippen molar-refractivity contribution in [3.05, 3.63) is 0 Å². The number of carbonyl (C=O) groups is 2. The Bertz CT molecular complexity index is 427. The molecule has 2 aliphatic rings. The van der Waals surface area contributed by atoms with Gasteiger partial charge in [0.2, 0.25) is 6.10 Å². The standard InChI is InChI=1S/C13H21N3O4/c1-13(3-5-16(2)6-4-13)8-14-11(17)10-7-9(12(18)19)15-20-10/h10H,3-8H2,1-2H3,(H,14,17)(H,18,19). The molecule has 2 N–H and O–H groups in total. The van der Waals surface area contributed by atoms with E-state index in [1.54, 1.807) is 0 Å². The minimum absolute atomic E-state index is 0.0284. The molecule has 0 radical (unpaired) electrons. The minimum Gasteiger partial charge on any atom is -0.477 e. The van der Waals surface area contributed by atoms with Crippen LogP contribution in [0, 0.1) is 5.41 Å². The summed E-state index contributed by atoms with van der Waals surface area (Å²) in [6, 6.07) is 0. The number of nitrogens with zero attached hydrogens (tertiary/aromatic N) is 2. The van der Waals surface area contributed by atoms with Crippen LogP contribution in [0.2, 0.25) is 0 Å². The first-order chi connectivity index (χ1) is 9.39. The van der Waals surface area contributed by atoms with Gasteiger partial charge < -0.3 is 20.2 Å². The van der Waals surface area contributed by atoms with Gasteiger partial charge in [-0.25, -0.2) is 4.79 Å². The number of carbonyl (C=O) groups excluding carboxylic acids is 1. The number of carboxylic acids is 1. The summed E-state index contributed by atoms with van der Waals surface area (Å²) in [7, 11) is 2.09. The molecule has 112 valence electrons. The maximum Gasteiger partial charge on any atom is 0.353 e.